The lowest BCUT2D eigenvalue weighted by Gasteiger charge is -2.12. The van der Waals surface area contributed by atoms with Crippen molar-refractivity contribution in [1.82, 2.24) is 4.98 Å². The number of carbonyl (C=O) groups excluding carboxylic acids is 1. The topological polar surface area (TPSA) is 39.2 Å². The van der Waals surface area contributed by atoms with Crippen LogP contribution in [0, 0.1) is 6.92 Å². The third-order valence-electron chi connectivity index (χ3n) is 3.80. The summed E-state index contributed by atoms with van der Waals surface area (Å²) in [4.78, 5) is 16.2. The lowest BCUT2D eigenvalue weighted by molar-refractivity contribution is 0.101. The maximum absolute atomic E-state index is 12.0. The van der Waals surface area contributed by atoms with E-state index in [1.807, 2.05) is 61.7 Å². The predicted octanol–water partition coefficient (Wildman–Crippen LogP) is 4.84. The standard InChI is InChI=1S/C21H19NO2/c1-15-10-19(13-22-12-15)18-8-9-21(20(11-18)16(2)23)24-14-17-6-4-3-5-7-17/h3-13H,14H2,1-2H3. The van der Waals surface area contributed by atoms with Gasteiger partial charge in [-0.2, -0.15) is 0 Å². The summed E-state index contributed by atoms with van der Waals surface area (Å²) in [6.45, 7) is 4.00. The molecule has 0 saturated carbocycles. The van der Waals surface area contributed by atoms with Crippen LogP contribution in [0.5, 0.6) is 5.75 Å². The number of pyridine rings is 1. The average Bonchev–Trinajstić information content (AvgIpc) is 2.60. The van der Waals surface area contributed by atoms with Gasteiger partial charge in [-0.15, -0.1) is 0 Å². The maximum Gasteiger partial charge on any atom is 0.163 e. The summed E-state index contributed by atoms with van der Waals surface area (Å²) in [7, 11) is 0. The smallest absolute Gasteiger partial charge is 0.163 e. The molecule has 0 bridgehead atoms. The number of benzene rings is 2. The third-order valence-corrected chi connectivity index (χ3v) is 3.80. The van der Waals surface area contributed by atoms with E-state index >= 15 is 0 Å². The second kappa shape index (κ2) is 7.09. The van der Waals surface area contributed by atoms with Crippen LogP contribution < -0.4 is 4.74 Å². The largest absolute Gasteiger partial charge is 0.488 e. The fourth-order valence-corrected chi connectivity index (χ4v) is 2.56. The van der Waals surface area contributed by atoms with Crippen LogP contribution in [-0.2, 0) is 6.61 Å². The molecule has 0 atom stereocenters. The Morgan fingerprint density at radius 2 is 1.79 bits per heavy atom. The summed E-state index contributed by atoms with van der Waals surface area (Å²) in [6, 6.07) is 17.7. The first-order chi connectivity index (χ1) is 11.6. The number of nitrogens with zero attached hydrogens (tertiary/aromatic N) is 1. The molecule has 0 radical (unpaired) electrons. The number of carbonyl (C=O) groups is 1. The molecule has 1 heterocycles. The molecule has 0 amide bonds. The molecule has 0 aliphatic carbocycles. The van der Waals surface area contributed by atoms with E-state index in [-0.39, 0.29) is 5.78 Å². The number of aromatic nitrogens is 1. The van der Waals surface area contributed by atoms with E-state index in [2.05, 4.69) is 11.1 Å². The molecule has 120 valence electrons. The van der Waals surface area contributed by atoms with E-state index in [1.165, 1.54) is 0 Å². The first-order valence-corrected chi connectivity index (χ1v) is 7.87. The first kappa shape index (κ1) is 15.9. The van der Waals surface area contributed by atoms with Crippen molar-refractivity contribution in [2.75, 3.05) is 0 Å². The van der Waals surface area contributed by atoms with Crippen LogP contribution in [0.1, 0.15) is 28.4 Å². The van der Waals surface area contributed by atoms with Gasteiger partial charge in [0.05, 0.1) is 5.56 Å². The molecule has 0 aliphatic heterocycles. The van der Waals surface area contributed by atoms with Gasteiger partial charge in [0.2, 0.25) is 0 Å². The minimum absolute atomic E-state index is 0.0134. The molecule has 3 heteroatoms. The van der Waals surface area contributed by atoms with Crippen molar-refractivity contribution in [2.24, 2.45) is 0 Å². The molecule has 24 heavy (non-hydrogen) atoms. The quantitative estimate of drug-likeness (QED) is 0.632. The van der Waals surface area contributed by atoms with Crippen molar-refractivity contribution in [2.45, 2.75) is 20.5 Å². The van der Waals surface area contributed by atoms with Gasteiger partial charge >= 0.3 is 0 Å². The zero-order valence-corrected chi connectivity index (χ0v) is 13.8. The van der Waals surface area contributed by atoms with E-state index in [1.54, 1.807) is 13.1 Å². The second-order valence-electron chi connectivity index (χ2n) is 5.79. The minimum Gasteiger partial charge on any atom is -0.488 e. The molecule has 3 aromatic rings. The molecular weight excluding hydrogens is 298 g/mol. The van der Waals surface area contributed by atoms with Crippen LogP contribution in [0.15, 0.2) is 67.0 Å². The van der Waals surface area contributed by atoms with Crippen LogP contribution in [0.4, 0.5) is 0 Å². The Morgan fingerprint density at radius 3 is 2.50 bits per heavy atom. The van der Waals surface area contributed by atoms with Crippen LogP contribution in [0.25, 0.3) is 11.1 Å². The van der Waals surface area contributed by atoms with Gasteiger partial charge in [0.15, 0.2) is 5.78 Å². The number of Topliss-reactive ketones (excluding diaryl/α,β-unsaturated/α-hetero) is 1. The van der Waals surface area contributed by atoms with Crippen LogP contribution in [0.3, 0.4) is 0 Å². The molecule has 0 aliphatic rings. The summed E-state index contributed by atoms with van der Waals surface area (Å²) in [5.41, 5.74) is 4.70. The summed E-state index contributed by atoms with van der Waals surface area (Å²) >= 11 is 0. The predicted molar refractivity (Wildman–Crippen MR) is 95.2 cm³/mol. The molecule has 0 spiro atoms. The summed E-state index contributed by atoms with van der Waals surface area (Å²) < 4.78 is 5.86. The fourth-order valence-electron chi connectivity index (χ4n) is 2.56. The monoisotopic (exact) mass is 317 g/mol. The van der Waals surface area contributed by atoms with Crippen LogP contribution in [0.2, 0.25) is 0 Å². The molecule has 2 aromatic carbocycles. The average molecular weight is 317 g/mol. The number of hydrogen-bond donors (Lipinski definition) is 0. The van der Waals surface area contributed by atoms with E-state index < -0.39 is 0 Å². The zero-order chi connectivity index (χ0) is 16.9. The molecule has 0 unspecified atom stereocenters. The highest BCUT2D eigenvalue weighted by atomic mass is 16.5. The zero-order valence-electron chi connectivity index (χ0n) is 13.8. The maximum atomic E-state index is 12.0. The highest BCUT2D eigenvalue weighted by Crippen LogP contribution is 2.28. The highest BCUT2D eigenvalue weighted by Gasteiger charge is 2.11. The second-order valence-corrected chi connectivity index (χ2v) is 5.79. The van der Waals surface area contributed by atoms with Gasteiger partial charge in [-0.1, -0.05) is 36.4 Å². The number of ether oxygens (including phenoxy) is 1. The molecule has 3 rings (SSSR count). The molecule has 0 saturated heterocycles. The Balaban J connectivity index is 1.89. The highest BCUT2D eigenvalue weighted by molar-refractivity contribution is 5.98. The summed E-state index contributed by atoms with van der Waals surface area (Å²) in [5, 5.41) is 0. The SMILES string of the molecule is CC(=O)c1cc(-c2cncc(C)c2)ccc1OCc1ccccc1. The lowest BCUT2D eigenvalue weighted by Crippen LogP contribution is -2.02. The van der Waals surface area contributed by atoms with Crippen molar-refractivity contribution < 1.29 is 9.53 Å². The van der Waals surface area contributed by atoms with E-state index in [9.17, 15) is 4.79 Å². The van der Waals surface area contributed by atoms with Gasteiger partial charge in [-0.25, -0.2) is 0 Å². The van der Waals surface area contributed by atoms with Crippen molar-refractivity contribution >= 4 is 5.78 Å². The third kappa shape index (κ3) is 3.69. The summed E-state index contributed by atoms with van der Waals surface area (Å²) in [5.74, 6) is 0.594. The number of aryl methyl sites for hydroxylation is 1. The number of ketones is 1. The minimum atomic E-state index is -0.0134. The Kier molecular flexibility index (Phi) is 4.71. The molecule has 0 fully saturated rings. The van der Waals surface area contributed by atoms with Gasteiger partial charge in [0.1, 0.15) is 12.4 Å². The van der Waals surface area contributed by atoms with E-state index in [4.69, 9.17) is 4.74 Å². The fraction of sp³-hybridized carbons (Fsp3) is 0.143. The van der Waals surface area contributed by atoms with Gasteiger partial charge in [-0.3, -0.25) is 9.78 Å². The van der Waals surface area contributed by atoms with Crippen LogP contribution >= 0.6 is 0 Å². The Hall–Kier alpha value is -2.94. The number of hydrogen-bond acceptors (Lipinski definition) is 3. The Labute approximate surface area is 142 Å². The van der Waals surface area contributed by atoms with E-state index in [0.29, 0.717) is 17.9 Å². The first-order valence-electron chi connectivity index (χ1n) is 7.87. The number of rotatable bonds is 5. The Morgan fingerprint density at radius 1 is 1.00 bits per heavy atom. The van der Waals surface area contributed by atoms with Gasteiger partial charge in [0, 0.05) is 18.0 Å². The Bertz CT molecular complexity index is 857. The molecule has 1 aromatic heterocycles. The van der Waals surface area contributed by atoms with Crippen molar-refractivity contribution in [3.8, 4) is 16.9 Å². The molecular formula is C21H19NO2. The van der Waals surface area contributed by atoms with Gasteiger partial charge < -0.3 is 4.74 Å². The van der Waals surface area contributed by atoms with Gasteiger partial charge in [0.25, 0.3) is 0 Å². The van der Waals surface area contributed by atoms with Crippen molar-refractivity contribution in [3.63, 3.8) is 0 Å². The molecule has 3 nitrogen and oxygen atoms in total. The molecule has 0 N–H and O–H groups in total. The van der Waals surface area contributed by atoms with Gasteiger partial charge in [-0.05, 0) is 48.7 Å². The normalized spacial score (nSPS) is 10.4. The lowest BCUT2D eigenvalue weighted by atomic mass is 10.0. The van der Waals surface area contributed by atoms with E-state index in [0.717, 1.165) is 22.3 Å². The van der Waals surface area contributed by atoms with Crippen LogP contribution in [-0.4, -0.2) is 10.8 Å². The summed E-state index contributed by atoms with van der Waals surface area (Å²) in [6.07, 6.45) is 3.61. The van der Waals surface area contributed by atoms with Crippen molar-refractivity contribution in [1.29, 1.82) is 0 Å². The van der Waals surface area contributed by atoms with Crippen molar-refractivity contribution in [3.05, 3.63) is 83.7 Å².